The maximum atomic E-state index is 11.9. The van der Waals surface area contributed by atoms with E-state index in [4.69, 9.17) is 4.74 Å². The molecule has 1 aromatic heterocycles. The van der Waals surface area contributed by atoms with Crippen molar-refractivity contribution in [2.24, 2.45) is 0 Å². The molecule has 2 aromatic rings. The third kappa shape index (κ3) is 3.78. The SMILES string of the molecule is COc1ccc(C(C)CC(=O)Nc2cnccn2)cc1. The van der Waals surface area contributed by atoms with Crippen LogP contribution in [0.2, 0.25) is 0 Å². The number of methoxy groups -OCH3 is 1. The molecule has 0 aliphatic rings. The van der Waals surface area contributed by atoms with Gasteiger partial charge in [-0.1, -0.05) is 19.1 Å². The molecule has 0 spiro atoms. The van der Waals surface area contributed by atoms with Gasteiger partial charge in [0.15, 0.2) is 5.82 Å². The summed E-state index contributed by atoms with van der Waals surface area (Å²) in [5.41, 5.74) is 1.10. The Morgan fingerprint density at radius 2 is 2.05 bits per heavy atom. The molecular weight excluding hydrogens is 254 g/mol. The minimum Gasteiger partial charge on any atom is -0.497 e. The molecule has 20 heavy (non-hydrogen) atoms. The molecular formula is C15H17N3O2. The standard InChI is InChI=1S/C15H17N3O2/c1-11(12-3-5-13(20-2)6-4-12)9-15(19)18-14-10-16-7-8-17-14/h3-8,10-11H,9H2,1-2H3,(H,17,18,19). The monoisotopic (exact) mass is 271 g/mol. The van der Waals surface area contributed by atoms with Crippen molar-refractivity contribution in [1.29, 1.82) is 0 Å². The van der Waals surface area contributed by atoms with E-state index in [2.05, 4.69) is 15.3 Å². The number of aromatic nitrogens is 2. The lowest BCUT2D eigenvalue weighted by Gasteiger charge is -2.12. The minimum absolute atomic E-state index is 0.0752. The largest absolute Gasteiger partial charge is 0.497 e. The van der Waals surface area contributed by atoms with E-state index in [0.717, 1.165) is 11.3 Å². The van der Waals surface area contributed by atoms with E-state index in [-0.39, 0.29) is 11.8 Å². The second-order valence-electron chi connectivity index (χ2n) is 4.52. The van der Waals surface area contributed by atoms with E-state index >= 15 is 0 Å². The predicted octanol–water partition coefficient (Wildman–Crippen LogP) is 2.62. The summed E-state index contributed by atoms with van der Waals surface area (Å²) in [4.78, 5) is 19.8. The second-order valence-corrected chi connectivity index (χ2v) is 4.52. The Morgan fingerprint density at radius 3 is 2.65 bits per heavy atom. The molecule has 0 saturated heterocycles. The first-order valence-corrected chi connectivity index (χ1v) is 6.39. The van der Waals surface area contributed by atoms with E-state index < -0.39 is 0 Å². The van der Waals surface area contributed by atoms with Gasteiger partial charge in [0.2, 0.25) is 5.91 Å². The number of rotatable bonds is 5. The van der Waals surface area contributed by atoms with Gasteiger partial charge in [-0.3, -0.25) is 9.78 Å². The van der Waals surface area contributed by atoms with Crippen molar-refractivity contribution in [1.82, 2.24) is 9.97 Å². The molecule has 0 aliphatic heterocycles. The molecule has 1 unspecified atom stereocenters. The summed E-state index contributed by atoms with van der Waals surface area (Å²) < 4.78 is 5.11. The molecule has 1 atom stereocenters. The Bertz CT molecular complexity index is 555. The van der Waals surface area contributed by atoms with Crippen molar-refractivity contribution in [2.75, 3.05) is 12.4 Å². The highest BCUT2D eigenvalue weighted by molar-refractivity contribution is 5.90. The van der Waals surface area contributed by atoms with Crippen LogP contribution in [-0.2, 0) is 4.79 Å². The van der Waals surface area contributed by atoms with Crippen LogP contribution in [0.5, 0.6) is 5.75 Å². The number of hydrogen-bond donors (Lipinski definition) is 1. The second kappa shape index (κ2) is 6.65. The number of hydrogen-bond acceptors (Lipinski definition) is 4. The van der Waals surface area contributed by atoms with Gasteiger partial charge in [0.25, 0.3) is 0 Å². The zero-order chi connectivity index (χ0) is 14.4. The van der Waals surface area contributed by atoms with Crippen LogP contribution in [0.4, 0.5) is 5.82 Å². The average molecular weight is 271 g/mol. The summed E-state index contributed by atoms with van der Waals surface area (Å²) in [6, 6.07) is 7.73. The van der Waals surface area contributed by atoms with E-state index in [0.29, 0.717) is 12.2 Å². The smallest absolute Gasteiger partial charge is 0.226 e. The highest BCUT2D eigenvalue weighted by Crippen LogP contribution is 2.22. The van der Waals surface area contributed by atoms with Crippen molar-refractivity contribution in [3.05, 3.63) is 48.4 Å². The highest BCUT2D eigenvalue weighted by Gasteiger charge is 2.12. The van der Waals surface area contributed by atoms with Crippen LogP contribution in [0.25, 0.3) is 0 Å². The van der Waals surface area contributed by atoms with Gasteiger partial charge < -0.3 is 10.1 Å². The lowest BCUT2D eigenvalue weighted by atomic mass is 9.97. The normalized spacial score (nSPS) is 11.7. The molecule has 0 saturated carbocycles. The van der Waals surface area contributed by atoms with Gasteiger partial charge >= 0.3 is 0 Å². The Kier molecular flexibility index (Phi) is 4.65. The molecule has 5 heteroatoms. The quantitative estimate of drug-likeness (QED) is 0.908. The Hall–Kier alpha value is -2.43. The number of amides is 1. The Balaban J connectivity index is 1.93. The van der Waals surface area contributed by atoms with Crippen LogP contribution in [0.15, 0.2) is 42.9 Å². The molecule has 0 fully saturated rings. The van der Waals surface area contributed by atoms with Crippen molar-refractivity contribution < 1.29 is 9.53 Å². The van der Waals surface area contributed by atoms with Crippen molar-refractivity contribution in [3.8, 4) is 5.75 Å². The molecule has 5 nitrogen and oxygen atoms in total. The minimum atomic E-state index is -0.0752. The zero-order valence-electron chi connectivity index (χ0n) is 11.5. The number of carbonyl (C=O) groups excluding carboxylic acids is 1. The first-order valence-electron chi connectivity index (χ1n) is 6.39. The first kappa shape index (κ1) is 14.0. The zero-order valence-corrected chi connectivity index (χ0v) is 11.5. The van der Waals surface area contributed by atoms with Crippen molar-refractivity contribution >= 4 is 11.7 Å². The van der Waals surface area contributed by atoms with Crippen LogP contribution >= 0.6 is 0 Å². The third-order valence-electron chi connectivity index (χ3n) is 3.01. The van der Waals surface area contributed by atoms with Crippen molar-refractivity contribution in [2.45, 2.75) is 19.3 Å². The maximum Gasteiger partial charge on any atom is 0.226 e. The number of ether oxygens (including phenoxy) is 1. The third-order valence-corrected chi connectivity index (χ3v) is 3.01. The molecule has 1 amide bonds. The Morgan fingerprint density at radius 1 is 1.30 bits per heavy atom. The summed E-state index contributed by atoms with van der Waals surface area (Å²) in [7, 11) is 1.63. The average Bonchev–Trinajstić information content (AvgIpc) is 2.48. The number of nitrogens with one attached hydrogen (secondary N) is 1. The molecule has 1 N–H and O–H groups in total. The van der Waals surface area contributed by atoms with Crippen LogP contribution in [-0.4, -0.2) is 23.0 Å². The van der Waals surface area contributed by atoms with E-state index in [1.807, 2.05) is 31.2 Å². The van der Waals surface area contributed by atoms with Gasteiger partial charge in [-0.15, -0.1) is 0 Å². The van der Waals surface area contributed by atoms with Gasteiger partial charge in [0.05, 0.1) is 13.3 Å². The molecule has 0 bridgehead atoms. The number of nitrogens with zero attached hydrogens (tertiary/aromatic N) is 2. The lowest BCUT2D eigenvalue weighted by Crippen LogP contribution is -2.15. The summed E-state index contributed by atoms with van der Waals surface area (Å²) in [5, 5.41) is 2.73. The topological polar surface area (TPSA) is 64.1 Å². The summed E-state index contributed by atoms with van der Waals surface area (Å²) in [6.07, 6.45) is 5.02. The van der Waals surface area contributed by atoms with Gasteiger partial charge in [-0.2, -0.15) is 0 Å². The molecule has 1 heterocycles. The number of carbonyl (C=O) groups is 1. The fourth-order valence-corrected chi connectivity index (χ4v) is 1.89. The van der Waals surface area contributed by atoms with E-state index in [1.54, 1.807) is 19.5 Å². The lowest BCUT2D eigenvalue weighted by molar-refractivity contribution is -0.116. The van der Waals surface area contributed by atoms with Crippen molar-refractivity contribution in [3.63, 3.8) is 0 Å². The van der Waals surface area contributed by atoms with Gasteiger partial charge in [0.1, 0.15) is 5.75 Å². The fraction of sp³-hybridized carbons (Fsp3) is 0.267. The van der Waals surface area contributed by atoms with E-state index in [1.165, 1.54) is 6.20 Å². The van der Waals surface area contributed by atoms with Crippen LogP contribution in [0.1, 0.15) is 24.8 Å². The molecule has 0 radical (unpaired) electrons. The molecule has 2 rings (SSSR count). The molecule has 0 aliphatic carbocycles. The maximum absolute atomic E-state index is 11.9. The molecule has 1 aromatic carbocycles. The summed E-state index contributed by atoms with van der Waals surface area (Å²) in [6.45, 7) is 2.01. The van der Waals surface area contributed by atoms with Gasteiger partial charge in [-0.05, 0) is 23.6 Å². The van der Waals surface area contributed by atoms with E-state index in [9.17, 15) is 4.79 Å². The Labute approximate surface area is 118 Å². The number of benzene rings is 1. The van der Waals surface area contributed by atoms with Crippen LogP contribution < -0.4 is 10.1 Å². The summed E-state index contributed by atoms with van der Waals surface area (Å²) in [5.74, 6) is 1.33. The predicted molar refractivity (Wildman–Crippen MR) is 76.7 cm³/mol. The first-order chi connectivity index (χ1) is 9.69. The van der Waals surface area contributed by atoms with Crippen LogP contribution in [0, 0.1) is 0 Å². The summed E-state index contributed by atoms with van der Waals surface area (Å²) >= 11 is 0. The highest BCUT2D eigenvalue weighted by atomic mass is 16.5. The van der Waals surface area contributed by atoms with Gasteiger partial charge in [-0.25, -0.2) is 4.98 Å². The number of anilines is 1. The van der Waals surface area contributed by atoms with Crippen LogP contribution in [0.3, 0.4) is 0 Å². The van der Waals surface area contributed by atoms with Gasteiger partial charge in [0, 0.05) is 18.8 Å². The molecule has 104 valence electrons. The fourth-order valence-electron chi connectivity index (χ4n) is 1.89.